The molecule has 1 aliphatic rings. The molecule has 1 heterocycles. The number of hydrogen-bond acceptors (Lipinski definition) is 4. The molecule has 0 saturated carbocycles. The van der Waals surface area contributed by atoms with Crippen molar-refractivity contribution in [3.63, 3.8) is 0 Å². The highest BCUT2D eigenvalue weighted by atomic mass is 19.4. The van der Waals surface area contributed by atoms with Crippen LogP contribution in [-0.4, -0.2) is 39.2 Å². The monoisotopic (exact) mass is 364 g/mol. The number of halogens is 3. The van der Waals surface area contributed by atoms with Gasteiger partial charge in [-0.05, 0) is 35.4 Å². The molecule has 26 heavy (non-hydrogen) atoms. The number of alkyl halides is 3. The summed E-state index contributed by atoms with van der Waals surface area (Å²) in [6, 6.07) is 10.6. The number of nitrogens with zero attached hydrogens (tertiary/aromatic N) is 1. The number of ether oxygens (including phenoxy) is 2. The van der Waals surface area contributed by atoms with Gasteiger partial charge in [0.1, 0.15) is 18.2 Å². The van der Waals surface area contributed by atoms with Crippen molar-refractivity contribution >= 4 is 5.84 Å². The smallest absolute Gasteiger partial charge is 0.416 e. The maximum Gasteiger partial charge on any atom is 0.416 e. The van der Waals surface area contributed by atoms with Gasteiger partial charge in [-0.25, -0.2) is 0 Å². The second-order valence-electron chi connectivity index (χ2n) is 5.79. The van der Waals surface area contributed by atoms with Crippen molar-refractivity contribution in [2.24, 2.45) is 4.99 Å². The summed E-state index contributed by atoms with van der Waals surface area (Å²) >= 11 is 0. The zero-order valence-electron chi connectivity index (χ0n) is 14.3. The van der Waals surface area contributed by atoms with Crippen molar-refractivity contribution < 1.29 is 22.6 Å². The van der Waals surface area contributed by atoms with Crippen LogP contribution in [0, 0.1) is 0 Å². The zero-order valence-corrected chi connectivity index (χ0v) is 14.3. The quantitative estimate of drug-likeness (QED) is 0.794. The number of nitrogens with one attached hydrogen (secondary N) is 1. The van der Waals surface area contributed by atoms with Gasteiger partial charge in [-0.2, -0.15) is 13.2 Å². The first-order valence-corrected chi connectivity index (χ1v) is 8.21. The Morgan fingerprint density at radius 1 is 1.08 bits per heavy atom. The number of rotatable bonds is 6. The molecule has 2 aromatic rings. The van der Waals surface area contributed by atoms with Gasteiger partial charge in [-0.15, -0.1) is 0 Å². The molecule has 1 aliphatic heterocycles. The number of aliphatic imine (C=N–C) groups is 1. The van der Waals surface area contributed by atoms with Crippen LogP contribution < -0.4 is 10.1 Å². The molecule has 7 heteroatoms. The Labute approximate surface area is 149 Å². The Kier molecular flexibility index (Phi) is 5.46. The van der Waals surface area contributed by atoms with Crippen molar-refractivity contribution in [3.05, 3.63) is 53.6 Å². The summed E-state index contributed by atoms with van der Waals surface area (Å²) in [7, 11) is 1.58. The maximum atomic E-state index is 13.0. The predicted molar refractivity (Wildman–Crippen MR) is 93.7 cm³/mol. The summed E-state index contributed by atoms with van der Waals surface area (Å²) in [5, 5.41) is 3.18. The molecule has 0 aliphatic carbocycles. The Balaban J connectivity index is 1.96. The Hall–Kier alpha value is -2.54. The van der Waals surface area contributed by atoms with E-state index in [0.717, 1.165) is 30.1 Å². The van der Waals surface area contributed by atoms with E-state index in [1.807, 2.05) is 6.07 Å². The highest BCUT2D eigenvalue weighted by Gasteiger charge is 2.30. The Morgan fingerprint density at radius 3 is 2.58 bits per heavy atom. The average Bonchev–Trinajstić information content (AvgIpc) is 3.16. The summed E-state index contributed by atoms with van der Waals surface area (Å²) in [5.74, 6) is 1.29. The van der Waals surface area contributed by atoms with E-state index in [9.17, 15) is 13.2 Å². The molecule has 0 fully saturated rings. The molecule has 3 rings (SSSR count). The number of hydrogen-bond donors (Lipinski definition) is 1. The van der Waals surface area contributed by atoms with Gasteiger partial charge < -0.3 is 14.8 Å². The van der Waals surface area contributed by atoms with E-state index in [1.165, 1.54) is 6.07 Å². The highest BCUT2D eigenvalue weighted by molar-refractivity contribution is 6.02. The van der Waals surface area contributed by atoms with Gasteiger partial charge in [0.2, 0.25) is 0 Å². The summed E-state index contributed by atoms with van der Waals surface area (Å²) < 4.78 is 49.7. The lowest BCUT2D eigenvalue weighted by atomic mass is 10.0. The van der Waals surface area contributed by atoms with Crippen LogP contribution in [0.3, 0.4) is 0 Å². The summed E-state index contributed by atoms with van der Waals surface area (Å²) in [6.45, 7) is 2.18. The molecule has 0 aromatic heterocycles. The van der Waals surface area contributed by atoms with Crippen LogP contribution in [0.5, 0.6) is 5.75 Å². The SMILES string of the molecule is COCCOc1cc(-c2cccc(C(F)(F)F)c2)ccc1C1=NCCN1. The molecule has 0 unspecified atom stereocenters. The summed E-state index contributed by atoms with van der Waals surface area (Å²) in [6.07, 6.45) is -4.38. The molecule has 0 bridgehead atoms. The summed E-state index contributed by atoms with van der Waals surface area (Å²) in [4.78, 5) is 4.39. The first-order chi connectivity index (χ1) is 12.5. The lowest BCUT2D eigenvalue weighted by molar-refractivity contribution is -0.137. The van der Waals surface area contributed by atoms with Crippen LogP contribution in [-0.2, 0) is 10.9 Å². The van der Waals surface area contributed by atoms with E-state index >= 15 is 0 Å². The predicted octanol–water partition coefficient (Wildman–Crippen LogP) is 3.75. The van der Waals surface area contributed by atoms with E-state index < -0.39 is 11.7 Å². The van der Waals surface area contributed by atoms with Crippen molar-refractivity contribution in [2.45, 2.75) is 6.18 Å². The van der Waals surface area contributed by atoms with Gasteiger partial charge in [0.15, 0.2) is 0 Å². The van der Waals surface area contributed by atoms with Gasteiger partial charge in [-0.3, -0.25) is 4.99 Å². The molecule has 2 aromatic carbocycles. The first-order valence-electron chi connectivity index (χ1n) is 8.21. The van der Waals surface area contributed by atoms with Crippen molar-refractivity contribution in [3.8, 4) is 16.9 Å². The largest absolute Gasteiger partial charge is 0.490 e. The fourth-order valence-corrected chi connectivity index (χ4v) is 2.71. The first kappa shape index (κ1) is 18.3. The van der Waals surface area contributed by atoms with Gasteiger partial charge in [0.25, 0.3) is 0 Å². The molecule has 0 amide bonds. The average molecular weight is 364 g/mol. The van der Waals surface area contributed by atoms with Crippen LogP contribution in [0.1, 0.15) is 11.1 Å². The minimum atomic E-state index is -4.38. The standard InChI is InChI=1S/C19H19F3N2O2/c1-25-9-10-26-17-12-14(5-6-16(17)18-23-7-8-24-18)13-3-2-4-15(11-13)19(20,21)22/h2-6,11-12H,7-10H2,1H3,(H,23,24). The van der Waals surface area contributed by atoms with E-state index in [4.69, 9.17) is 9.47 Å². The molecule has 4 nitrogen and oxygen atoms in total. The Morgan fingerprint density at radius 2 is 1.88 bits per heavy atom. The van der Waals surface area contributed by atoms with E-state index in [-0.39, 0.29) is 0 Å². The molecule has 1 N–H and O–H groups in total. The van der Waals surface area contributed by atoms with Gasteiger partial charge in [-0.1, -0.05) is 18.2 Å². The second-order valence-corrected chi connectivity index (χ2v) is 5.79. The van der Waals surface area contributed by atoms with E-state index in [0.29, 0.717) is 36.6 Å². The summed E-state index contributed by atoms with van der Waals surface area (Å²) in [5.41, 5.74) is 1.23. The van der Waals surface area contributed by atoms with Crippen LogP contribution in [0.15, 0.2) is 47.5 Å². The molecule has 0 atom stereocenters. The Bertz CT molecular complexity index is 804. The second kappa shape index (κ2) is 7.78. The normalized spacial score (nSPS) is 14.1. The van der Waals surface area contributed by atoms with E-state index in [2.05, 4.69) is 10.3 Å². The topological polar surface area (TPSA) is 42.9 Å². The third-order valence-corrected chi connectivity index (χ3v) is 3.98. The molecule has 138 valence electrons. The molecule has 0 radical (unpaired) electrons. The molecular formula is C19H19F3N2O2. The minimum absolute atomic E-state index is 0.336. The zero-order chi connectivity index (χ0) is 18.6. The maximum absolute atomic E-state index is 13.0. The van der Waals surface area contributed by atoms with E-state index in [1.54, 1.807) is 25.3 Å². The molecule has 0 saturated heterocycles. The fraction of sp³-hybridized carbons (Fsp3) is 0.316. The fourth-order valence-electron chi connectivity index (χ4n) is 2.71. The minimum Gasteiger partial charge on any atom is -0.490 e. The third-order valence-electron chi connectivity index (χ3n) is 3.98. The van der Waals surface area contributed by atoms with Gasteiger partial charge >= 0.3 is 6.18 Å². The van der Waals surface area contributed by atoms with Crippen LogP contribution >= 0.6 is 0 Å². The molecular weight excluding hydrogens is 345 g/mol. The van der Waals surface area contributed by atoms with Crippen LogP contribution in [0.2, 0.25) is 0 Å². The highest BCUT2D eigenvalue weighted by Crippen LogP contribution is 2.34. The number of amidine groups is 1. The van der Waals surface area contributed by atoms with Gasteiger partial charge in [0, 0.05) is 13.7 Å². The molecule has 0 spiro atoms. The van der Waals surface area contributed by atoms with Crippen molar-refractivity contribution in [1.82, 2.24) is 5.32 Å². The van der Waals surface area contributed by atoms with Crippen LogP contribution in [0.4, 0.5) is 13.2 Å². The lowest BCUT2D eigenvalue weighted by Gasteiger charge is -2.14. The van der Waals surface area contributed by atoms with Crippen molar-refractivity contribution in [1.29, 1.82) is 0 Å². The lowest BCUT2D eigenvalue weighted by Crippen LogP contribution is -2.20. The number of methoxy groups -OCH3 is 1. The third kappa shape index (κ3) is 4.16. The number of benzene rings is 2. The van der Waals surface area contributed by atoms with Crippen LogP contribution in [0.25, 0.3) is 11.1 Å². The van der Waals surface area contributed by atoms with Gasteiger partial charge in [0.05, 0.1) is 24.3 Å². The van der Waals surface area contributed by atoms with Crippen molar-refractivity contribution in [2.75, 3.05) is 33.4 Å².